The minimum Gasteiger partial charge on any atom is -0.466 e. The summed E-state index contributed by atoms with van der Waals surface area (Å²) >= 11 is 0. The molecule has 0 aromatic carbocycles. The predicted octanol–water partition coefficient (Wildman–Crippen LogP) is 4.57. The van der Waals surface area contributed by atoms with E-state index in [0.29, 0.717) is 24.4 Å². The molecule has 0 aliphatic carbocycles. The first-order valence-corrected chi connectivity index (χ1v) is 7.00. The third-order valence-corrected chi connectivity index (χ3v) is 2.82. The molecule has 0 N–H and O–H groups in total. The Bertz CT molecular complexity index is 203. The van der Waals surface area contributed by atoms with Crippen molar-refractivity contribution in [1.82, 2.24) is 0 Å². The van der Waals surface area contributed by atoms with Gasteiger partial charge in [0.15, 0.2) is 0 Å². The quantitative estimate of drug-likeness (QED) is 0.460. The molecule has 0 aliphatic rings. The third-order valence-electron chi connectivity index (χ3n) is 2.82. The summed E-state index contributed by atoms with van der Waals surface area (Å²) < 4.78 is 5.23. The lowest BCUT2D eigenvalue weighted by molar-refractivity contribution is -0.144. The largest absolute Gasteiger partial charge is 0.466 e. The average Bonchev–Trinajstić information content (AvgIpc) is 2.15. The molecule has 0 bridgehead atoms. The molecule has 1 atom stereocenters. The van der Waals surface area contributed by atoms with Crippen LogP contribution in [0, 0.1) is 11.3 Å². The standard InChI is InChI=1S/C15H30O2/c1-6-7-8-9-14(16)17-11-10-13(2)12-15(3,4)5/h13H,6-12H2,1-5H3. The van der Waals surface area contributed by atoms with E-state index < -0.39 is 0 Å². The van der Waals surface area contributed by atoms with Gasteiger partial charge in [-0.15, -0.1) is 0 Å². The Labute approximate surface area is 107 Å². The fourth-order valence-corrected chi connectivity index (χ4v) is 2.11. The van der Waals surface area contributed by atoms with Crippen LogP contribution in [0.3, 0.4) is 0 Å². The second-order valence-corrected chi connectivity index (χ2v) is 6.34. The lowest BCUT2D eigenvalue weighted by Crippen LogP contribution is -2.14. The van der Waals surface area contributed by atoms with E-state index in [1.165, 1.54) is 6.42 Å². The van der Waals surface area contributed by atoms with E-state index in [-0.39, 0.29) is 5.97 Å². The third kappa shape index (κ3) is 11.7. The number of carbonyl (C=O) groups excluding carboxylic acids is 1. The zero-order valence-corrected chi connectivity index (χ0v) is 12.3. The molecule has 0 aromatic heterocycles. The maximum absolute atomic E-state index is 11.4. The fraction of sp³-hybridized carbons (Fsp3) is 0.933. The second kappa shape index (κ2) is 8.54. The Morgan fingerprint density at radius 2 is 1.88 bits per heavy atom. The van der Waals surface area contributed by atoms with Crippen molar-refractivity contribution >= 4 is 5.97 Å². The van der Waals surface area contributed by atoms with Crippen LogP contribution in [0.25, 0.3) is 0 Å². The molecule has 0 radical (unpaired) electrons. The smallest absolute Gasteiger partial charge is 0.305 e. The van der Waals surface area contributed by atoms with Crippen LogP contribution >= 0.6 is 0 Å². The molecule has 17 heavy (non-hydrogen) atoms. The molecule has 0 saturated heterocycles. The van der Waals surface area contributed by atoms with E-state index in [9.17, 15) is 4.79 Å². The highest BCUT2D eigenvalue weighted by molar-refractivity contribution is 5.69. The summed E-state index contributed by atoms with van der Waals surface area (Å²) in [7, 11) is 0. The van der Waals surface area contributed by atoms with Gasteiger partial charge in [-0.2, -0.15) is 0 Å². The minimum absolute atomic E-state index is 0.0265. The highest BCUT2D eigenvalue weighted by Gasteiger charge is 2.15. The molecule has 0 heterocycles. The highest BCUT2D eigenvalue weighted by Crippen LogP contribution is 2.25. The maximum Gasteiger partial charge on any atom is 0.305 e. The van der Waals surface area contributed by atoms with Gasteiger partial charge in [0.05, 0.1) is 6.61 Å². The molecule has 0 aliphatic heterocycles. The first kappa shape index (κ1) is 16.5. The van der Waals surface area contributed by atoms with Crippen molar-refractivity contribution in [2.75, 3.05) is 6.61 Å². The molecule has 102 valence electrons. The fourth-order valence-electron chi connectivity index (χ4n) is 2.11. The van der Waals surface area contributed by atoms with Crippen molar-refractivity contribution in [3.63, 3.8) is 0 Å². The molecule has 2 heteroatoms. The SMILES string of the molecule is CCCCCC(=O)OCCC(C)CC(C)(C)C. The van der Waals surface area contributed by atoms with Gasteiger partial charge in [-0.25, -0.2) is 0 Å². The number of ether oxygens (including phenoxy) is 1. The Kier molecular flexibility index (Phi) is 8.28. The lowest BCUT2D eigenvalue weighted by atomic mass is 9.84. The normalized spacial score (nSPS) is 13.5. The summed E-state index contributed by atoms with van der Waals surface area (Å²) in [6.45, 7) is 11.7. The summed E-state index contributed by atoms with van der Waals surface area (Å²) in [5.41, 5.74) is 0.366. The van der Waals surface area contributed by atoms with Crippen LogP contribution in [0.5, 0.6) is 0 Å². The van der Waals surface area contributed by atoms with Gasteiger partial charge in [0, 0.05) is 6.42 Å². The second-order valence-electron chi connectivity index (χ2n) is 6.34. The van der Waals surface area contributed by atoms with E-state index in [4.69, 9.17) is 4.74 Å². The van der Waals surface area contributed by atoms with E-state index >= 15 is 0 Å². The molecule has 0 saturated carbocycles. The summed E-state index contributed by atoms with van der Waals surface area (Å²) in [6, 6.07) is 0. The molecular formula is C15H30O2. The molecule has 0 aromatic rings. The molecule has 1 unspecified atom stereocenters. The van der Waals surface area contributed by atoms with Crippen LogP contribution in [-0.2, 0) is 9.53 Å². The van der Waals surface area contributed by atoms with Gasteiger partial charge >= 0.3 is 5.97 Å². The van der Waals surface area contributed by atoms with Gasteiger partial charge in [0.1, 0.15) is 0 Å². The molecule has 0 rings (SSSR count). The van der Waals surface area contributed by atoms with Gasteiger partial charge in [0.2, 0.25) is 0 Å². The van der Waals surface area contributed by atoms with Gasteiger partial charge in [0.25, 0.3) is 0 Å². The zero-order chi connectivity index (χ0) is 13.3. The van der Waals surface area contributed by atoms with Crippen molar-refractivity contribution < 1.29 is 9.53 Å². The number of esters is 1. The molecule has 0 fully saturated rings. The van der Waals surface area contributed by atoms with Gasteiger partial charge < -0.3 is 4.74 Å². The van der Waals surface area contributed by atoms with Gasteiger partial charge in [-0.1, -0.05) is 47.5 Å². The molecular weight excluding hydrogens is 212 g/mol. The number of hydrogen-bond acceptors (Lipinski definition) is 2. The van der Waals surface area contributed by atoms with Crippen LogP contribution in [0.2, 0.25) is 0 Å². The van der Waals surface area contributed by atoms with Crippen molar-refractivity contribution in [2.45, 2.75) is 73.1 Å². The average molecular weight is 242 g/mol. The highest BCUT2D eigenvalue weighted by atomic mass is 16.5. The van der Waals surface area contributed by atoms with Crippen LogP contribution in [0.15, 0.2) is 0 Å². The molecule has 2 nitrogen and oxygen atoms in total. The Morgan fingerprint density at radius 1 is 1.24 bits per heavy atom. The van der Waals surface area contributed by atoms with Crippen LogP contribution in [0.4, 0.5) is 0 Å². The summed E-state index contributed by atoms with van der Waals surface area (Å²) in [6.07, 6.45) is 5.98. The maximum atomic E-state index is 11.4. The number of rotatable bonds is 8. The minimum atomic E-state index is -0.0265. The molecule has 0 amide bonds. The number of hydrogen-bond donors (Lipinski definition) is 0. The number of carbonyl (C=O) groups is 1. The molecule has 0 spiro atoms. The van der Waals surface area contributed by atoms with E-state index in [2.05, 4.69) is 34.6 Å². The summed E-state index contributed by atoms with van der Waals surface area (Å²) in [4.78, 5) is 11.4. The first-order chi connectivity index (χ1) is 7.85. The van der Waals surface area contributed by atoms with Gasteiger partial charge in [-0.3, -0.25) is 4.79 Å². The topological polar surface area (TPSA) is 26.3 Å². The van der Waals surface area contributed by atoms with Crippen molar-refractivity contribution in [2.24, 2.45) is 11.3 Å². The Balaban J connectivity index is 3.52. The van der Waals surface area contributed by atoms with E-state index in [1.54, 1.807) is 0 Å². The predicted molar refractivity (Wildman–Crippen MR) is 73.0 cm³/mol. The van der Waals surface area contributed by atoms with E-state index in [1.807, 2.05) is 0 Å². The lowest BCUT2D eigenvalue weighted by Gasteiger charge is -2.22. The van der Waals surface area contributed by atoms with Crippen LogP contribution < -0.4 is 0 Å². The zero-order valence-electron chi connectivity index (χ0n) is 12.3. The van der Waals surface area contributed by atoms with Crippen LogP contribution in [-0.4, -0.2) is 12.6 Å². The van der Waals surface area contributed by atoms with E-state index in [0.717, 1.165) is 25.7 Å². The Morgan fingerprint density at radius 3 is 2.41 bits per heavy atom. The number of unbranched alkanes of at least 4 members (excludes halogenated alkanes) is 2. The first-order valence-electron chi connectivity index (χ1n) is 7.00. The van der Waals surface area contributed by atoms with Gasteiger partial charge in [-0.05, 0) is 30.6 Å². The van der Waals surface area contributed by atoms with Crippen LogP contribution in [0.1, 0.15) is 73.1 Å². The van der Waals surface area contributed by atoms with Crippen molar-refractivity contribution in [3.05, 3.63) is 0 Å². The van der Waals surface area contributed by atoms with Crippen molar-refractivity contribution in [3.8, 4) is 0 Å². The van der Waals surface area contributed by atoms with Crippen molar-refractivity contribution in [1.29, 1.82) is 0 Å². The summed E-state index contributed by atoms with van der Waals surface area (Å²) in [5, 5.41) is 0. The monoisotopic (exact) mass is 242 g/mol. The summed E-state index contributed by atoms with van der Waals surface area (Å²) in [5.74, 6) is 0.597. The Hall–Kier alpha value is -0.530.